The van der Waals surface area contributed by atoms with E-state index < -0.39 is 29.8 Å². The van der Waals surface area contributed by atoms with E-state index in [4.69, 9.17) is 22.7 Å². The summed E-state index contributed by atoms with van der Waals surface area (Å²) in [5.74, 6) is 0.784. The summed E-state index contributed by atoms with van der Waals surface area (Å²) >= 11 is -1.89. The molecule has 1 aliphatic heterocycles. The molecule has 0 aromatic carbocycles. The van der Waals surface area contributed by atoms with Crippen molar-refractivity contribution in [3.63, 3.8) is 0 Å². The maximum Gasteiger partial charge on any atom is 0.304 e. The summed E-state index contributed by atoms with van der Waals surface area (Å²) in [5.41, 5.74) is 1.03. The Morgan fingerprint density at radius 3 is 2.66 bits per heavy atom. The van der Waals surface area contributed by atoms with E-state index in [1.807, 2.05) is 0 Å². The van der Waals surface area contributed by atoms with Crippen molar-refractivity contribution in [3.8, 4) is 0 Å². The molecule has 3 heterocycles. The summed E-state index contributed by atoms with van der Waals surface area (Å²) < 4.78 is 45.2. The van der Waals surface area contributed by atoms with E-state index in [9.17, 15) is 4.21 Å². The molecule has 2 aromatic rings. The Labute approximate surface area is 174 Å². The minimum absolute atomic E-state index is 0.116. The van der Waals surface area contributed by atoms with Gasteiger partial charge in [0.2, 0.25) is 0 Å². The maximum absolute atomic E-state index is 11.4. The summed E-state index contributed by atoms with van der Waals surface area (Å²) in [5, 5.41) is 2.98. The van der Waals surface area contributed by atoms with Crippen molar-refractivity contribution in [1.29, 1.82) is 0 Å². The van der Waals surface area contributed by atoms with Gasteiger partial charge in [0, 0.05) is 33.1 Å². The lowest BCUT2D eigenvalue weighted by Gasteiger charge is -2.21. The maximum atomic E-state index is 11.4. The Bertz CT molecular complexity index is 859. The van der Waals surface area contributed by atoms with Crippen molar-refractivity contribution in [1.82, 2.24) is 19.5 Å². The highest BCUT2D eigenvalue weighted by molar-refractivity contribution is 7.75. The minimum atomic E-state index is -1.89. The van der Waals surface area contributed by atoms with Gasteiger partial charge in [0.05, 0.1) is 20.0 Å². The second-order valence-electron chi connectivity index (χ2n) is 5.92. The molecule has 162 valence electrons. The number of hydrogen-bond acceptors (Lipinski definition) is 11. The molecule has 1 saturated heterocycles. The number of nitrogens with one attached hydrogen (secondary N) is 1. The molecule has 1 N–H and O–H groups in total. The van der Waals surface area contributed by atoms with Gasteiger partial charge < -0.3 is 23.8 Å². The fraction of sp³-hybridized carbons (Fsp3) is 0.643. The van der Waals surface area contributed by atoms with Crippen molar-refractivity contribution in [2.24, 2.45) is 0 Å². The van der Waals surface area contributed by atoms with Crippen LogP contribution in [0.5, 0.6) is 0 Å². The lowest BCUT2D eigenvalue weighted by Crippen LogP contribution is -2.34. The zero-order chi connectivity index (χ0) is 21.0. The summed E-state index contributed by atoms with van der Waals surface area (Å²) in [7, 11) is 9.05. The van der Waals surface area contributed by atoms with E-state index in [0.29, 0.717) is 29.4 Å². The largest absolute Gasteiger partial charge is 0.382 e. The Morgan fingerprint density at radius 1 is 1.28 bits per heavy atom. The van der Waals surface area contributed by atoms with Crippen LogP contribution in [0.2, 0.25) is 0 Å². The number of nitrogens with zero attached hydrogens (tertiary/aromatic N) is 4. The molecule has 6 unspecified atom stereocenters. The van der Waals surface area contributed by atoms with Crippen LogP contribution >= 0.6 is 18.9 Å². The SMILES string of the molecule is CNc1nc(COS(=O)OC)nc2c1ncn2C1O[C@H](COC)C(OP)C1OP. The zero-order valence-corrected chi connectivity index (χ0v) is 19.1. The second kappa shape index (κ2) is 10.4. The first-order valence-electron chi connectivity index (χ1n) is 8.44. The van der Waals surface area contributed by atoms with Gasteiger partial charge in [0.25, 0.3) is 0 Å². The predicted molar refractivity (Wildman–Crippen MR) is 110 cm³/mol. The monoisotopic (exact) mass is 467 g/mol. The first-order chi connectivity index (χ1) is 14.1. The van der Waals surface area contributed by atoms with E-state index in [2.05, 4.69) is 43.4 Å². The van der Waals surface area contributed by atoms with Crippen molar-refractivity contribution < 1.29 is 31.1 Å². The molecule has 1 aliphatic rings. The highest BCUT2D eigenvalue weighted by Crippen LogP contribution is 2.37. The van der Waals surface area contributed by atoms with Gasteiger partial charge in [-0.25, -0.2) is 15.0 Å². The van der Waals surface area contributed by atoms with Crippen LogP contribution in [0.4, 0.5) is 5.82 Å². The van der Waals surface area contributed by atoms with Gasteiger partial charge in [0.15, 0.2) is 29.0 Å². The van der Waals surface area contributed by atoms with E-state index in [1.54, 1.807) is 25.1 Å². The summed E-state index contributed by atoms with van der Waals surface area (Å²) in [4.78, 5) is 13.3. The normalized spacial score (nSPS) is 25.6. The first kappa shape index (κ1) is 22.8. The molecule has 12 nitrogen and oxygen atoms in total. The molecule has 0 saturated carbocycles. The van der Waals surface area contributed by atoms with E-state index in [1.165, 1.54) is 7.11 Å². The van der Waals surface area contributed by atoms with Gasteiger partial charge in [-0.3, -0.25) is 12.9 Å². The molecule has 29 heavy (non-hydrogen) atoms. The van der Waals surface area contributed by atoms with E-state index in [0.717, 1.165) is 0 Å². The van der Waals surface area contributed by atoms with Gasteiger partial charge in [-0.15, -0.1) is 0 Å². The number of rotatable bonds is 10. The number of anilines is 1. The second-order valence-corrected chi connectivity index (χ2v) is 7.44. The fourth-order valence-electron chi connectivity index (χ4n) is 3.08. The molecular formula is C14H23N5O7P2S. The van der Waals surface area contributed by atoms with Gasteiger partial charge in [-0.2, -0.15) is 4.21 Å². The van der Waals surface area contributed by atoms with Crippen LogP contribution in [-0.2, 0) is 44.9 Å². The first-order valence-corrected chi connectivity index (χ1v) is 10.4. The zero-order valence-electron chi connectivity index (χ0n) is 16.0. The molecule has 0 amide bonds. The molecule has 1 fully saturated rings. The van der Waals surface area contributed by atoms with E-state index in [-0.39, 0.29) is 12.7 Å². The standard InChI is InChI=1S/C14H23N5O7P2S/c1-15-12-9-13(18-8(17-12)5-23-29(20)22-3)19(6-16-9)14-11(26-28)10(25-27)7(24-14)4-21-2/h6-7,10-11,14H,4-5,27-28H2,1-3H3,(H,15,17,18)/t7-,10?,11?,14?,29?/m1/s1. The third kappa shape index (κ3) is 4.73. The molecule has 0 radical (unpaired) electrons. The average Bonchev–Trinajstić information content (AvgIpc) is 3.31. The van der Waals surface area contributed by atoms with Gasteiger partial charge in [-0.1, -0.05) is 0 Å². The molecule has 2 aromatic heterocycles. The summed E-state index contributed by atoms with van der Waals surface area (Å²) in [6.07, 6.45) is -0.206. The van der Waals surface area contributed by atoms with Crippen LogP contribution in [-0.4, -0.2) is 69.9 Å². The van der Waals surface area contributed by atoms with Crippen LogP contribution in [0.15, 0.2) is 6.33 Å². The van der Waals surface area contributed by atoms with Gasteiger partial charge in [0.1, 0.15) is 24.9 Å². The van der Waals surface area contributed by atoms with Crippen molar-refractivity contribution in [3.05, 3.63) is 12.2 Å². The quantitative estimate of drug-likeness (QED) is 0.491. The molecule has 15 heteroatoms. The minimum Gasteiger partial charge on any atom is -0.382 e. The molecule has 0 aliphatic carbocycles. The molecule has 0 bridgehead atoms. The van der Waals surface area contributed by atoms with Gasteiger partial charge in [-0.05, 0) is 0 Å². The van der Waals surface area contributed by atoms with Crippen molar-refractivity contribution in [2.45, 2.75) is 31.1 Å². The number of fused-ring (bicyclic) bond motifs is 1. The fourth-order valence-corrected chi connectivity index (χ4v) is 3.99. The van der Waals surface area contributed by atoms with Crippen molar-refractivity contribution in [2.75, 3.05) is 33.2 Å². The molecular weight excluding hydrogens is 444 g/mol. The number of methoxy groups -OCH3 is 1. The van der Waals surface area contributed by atoms with Crippen LogP contribution < -0.4 is 5.32 Å². The Hall–Kier alpha value is -0.880. The highest BCUT2D eigenvalue weighted by atomic mass is 32.2. The van der Waals surface area contributed by atoms with E-state index >= 15 is 0 Å². The molecule has 0 spiro atoms. The Kier molecular flexibility index (Phi) is 8.20. The predicted octanol–water partition coefficient (Wildman–Crippen LogP) is 0.504. The number of hydrogen-bond donors (Lipinski definition) is 1. The highest BCUT2D eigenvalue weighted by Gasteiger charge is 2.47. The smallest absolute Gasteiger partial charge is 0.304 e. The number of ether oxygens (including phenoxy) is 2. The lowest BCUT2D eigenvalue weighted by atomic mass is 10.1. The van der Waals surface area contributed by atoms with Gasteiger partial charge >= 0.3 is 11.4 Å². The molecule has 7 atom stereocenters. The Balaban J connectivity index is 1.99. The van der Waals surface area contributed by atoms with Crippen LogP contribution in [0.3, 0.4) is 0 Å². The van der Waals surface area contributed by atoms with Crippen LogP contribution in [0.25, 0.3) is 11.2 Å². The number of imidazole rings is 1. The summed E-state index contributed by atoms with van der Waals surface area (Å²) in [6, 6.07) is 0. The van der Waals surface area contributed by atoms with Crippen LogP contribution in [0, 0.1) is 0 Å². The number of aromatic nitrogens is 4. The van der Waals surface area contributed by atoms with Crippen molar-refractivity contribution >= 4 is 47.3 Å². The third-order valence-corrected chi connectivity index (χ3v) is 5.54. The topological polar surface area (TPSA) is 128 Å². The van der Waals surface area contributed by atoms with Crippen LogP contribution in [0.1, 0.15) is 12.1 Å². The summed E-state index contributed by atoms with van der Waals surface area (Å²) in [6.45, 7) is 0.209. The Morgan fingerprint density at radius 2 is 2.03 bits per heavy atom. The molecule has 3 rings (SSSR count). The average molecular weight is 467 g/mol. The lowest BCUT2D eigenvalue weighted by molar-refractivity contribution is -0.0528. The third-order valence-electron chi connectivity index (χ3n) is 4.33.